The Morgan fingerprint density at radius 1 is 1.07 bits per heavy atom. The number of aromatic amines is 1. The molecule has 0 aliphatic carbocycles. The van der Waals surface area contributed by atoms with Gasteiger partial charge in [-0.15, -0.1) is 0 Å². The van der Waals surface area contributed by atoms with E-state index in [4.69, 9.17) is 0 Å². The number of H-pyrrole nitrogens is 1. The van der Waals surface area contributed by atoms with Crippen molar-refractivity contribution in [1.29, 1.82) is 0 Å². The molecule has 2 aromatic carbocycles. The zero-order valence-corrected chi connectivity index (χ0v) is 17.2. The molecular weight excluding hydrogens is 356 g/mol. The third-order valence-corrected chi connectivity index (χ3v) is 7.27. The molecule has 0 bridgehead atoms. The monoisotopic (exact) mass is 382 g/mol. The number of nitrogens with one attached hydrogen (secondary N) is 1. The molecule has 3 aromatic rings. The molecule has 0 saturated carbocycles. The number of nitrogens with zero attached hydrogens (tertiary/aromatic N) is 1. The van der Waals surface area contributed by atoms with Crippen LogP contribution in [0.25, 0.3) is 10.9 Å². The molecule has 0 unspecified atom stereocenters. The van der Waals surface area contributed by atoms with Gasteiger partial charge in [0.1, 0.15) is 0 Å². The number of hydrogen-bond acceptors (Lipinski definition) is 2. The first-order chi connectivity index (χ1) is 12.7. The Balaban J connectivity index is 1.76. The van der Waals surface area contributed by atoms with Gasteiger partial charge in [-0.25, -0.2) is 8.42 Å². The van der Waals surface area contributed by atoms with Crippen LogP contribution in [-0.4, -0.2) is 24.3 Å². The minimum absolute atomic E-state index is 0.0559. The van der Waals surface area contributed by atoms with E-state index in [9.17, 15) is 8.42 Å². The van der Waals surface area contributed by atoms with Crippen molar-refractivity contribution in [3.05, 3.63) is 64.8 Å². The summed E-state index contributed by atoms with van der Waals surface area (Å²) >= 11 is 0. The Bertz CT molecular complexity index is 1120. The van der Waals surface area contributed by atoms with Crippen molar-refractivity contribution < 1.29 is 8.42 Å². The van der Waals surface area contributed by atoms with Crippen molar-refractivity contribution in [2.75, 3.05) is 6.54 Å². The van der Waals surface area contributed by atoms with E-state index in [0.29, 0.717) is 24.4 Å². The van der Waals surface area contributed by atoms with E-state index in [-0.39, 0.29) is 5.41 Å². The second-order valence-corrected chi connectivity index (χ2v) is 10.4. The molecule has 1 N–H and O–H groups in total. The maximum absolute atomic E-state index is 13.1. The fourth-order valence-electron chi connectivity index (χ4n) is 3.79. The van der Waals surface area contributed by atoms with Crippen molar-refractivity contribution in [1.82, 2.24) is 9.29 Å². The number of benzene rings is 2. The first-order valence-corrected chi connectivity index (χ1v) is 10.8. The van der Waals surface area contributed by atoms with E-state index in [2.05, 4.69) is 44.0 Å². The molecule has 4 rings (SSSR count). The maximum Gasteiger partial charge on any atom is 0.243 e. The summed E-state index contributed by atoms with van der Waals surface area (Å²) in [6.45, 7) is 9.42. The number of sulfonamides is 1. The van der Waals surface area contributed by atoms with E-state index in [1.165, 1.54) is 5.56 Å². The molecular formula is C22H26N2O2S. The Kier molecular flexibility index (Phi) is 4.20. The molecule has 0 amide bonds. The molecule has 4 nitrogen and oxygen atoms in total. The van der Waals surface area contributed by atoms with Gasteiger partial charge in [0.2, 0.25) is 10.0 Å². The number of aromatic nitrogens is 1. The van der Waals surface area contributed by atoms with Crippen LogP contribution < -0.4 is 0 Å². The van der Waals surface area contributed by atoms with Gasteiger partial charge in [0, 0.05) is 36.1 Å². The number of rotatable bonds is 2. The smallest absolute Gasteiger partial charge is 0.243 e. The van der Waals surface area contributed by atoms with Crippen molar-refractivity contribution in [3.63, 3.8) is 0 Å². The van der Waals surface area contributed by atoms with Crippen molar-refractivity contribution in [3.8, 4) is 0 Å². The average molecular weight is 383 g/mol. The van der Waals surface area contributed by atoms with Gasteiger partial charge in [-0.1, -0.05) is 39.0 Å². The topological polar surface area (TPSA) is 53.2 Å². The first kappa shape index (κ1) is 18.3. The quantitative estimate of drug-likeness (QED) is 0.708. The number of hydrogen-bond donors (Lipinski definition) is 1. The minimum Gasteiger partial charge on any atom is -0.358 e. The Hall–Kier alpha value is -2.11. The highest BCUT2D eigenvalue weighted by Crippen LogP contribution is 2.33. The van der Waals surface area contributed by atoms with Crippen LogP contribution in [0, 0.1) is 6.92 Å². The summed E-state index contributed by atoms with van der Waals surface area (Å²) in [6.07, 6.45) is 0.708. The molecule has 0 spiro atoms. The zero-order chi connectivity index (χ0) is 19.4. The van der Waals surface area contributed by atoms with E-state index >= 15 is 0 Å². The van der Waals surface area contributed by atoms with Crippen molar-refractivity contribution in [2.24, 2.45) is 0 Å². The Morgan fingerprint density at radius 2 is 1.85 bits per heavy atom. The molecule has 0 radical (unpaired) electrons. The van der Waals surface area contributed by atoms with Gasteiger partial charge in [-0.3, -0.25) is 0 Å². The van der Waals surface area contributed by atoms with Crippen LogP contribution in [-0.2, 0) is 28.4 Å². The molecule has 0 fully saturated rings. The summed E-state index contributed by atoms with van der Waals surface area (Å²) < 4.78 is 27.9. The lowest BCUT2D eigenvalue weighted by atomic mass is 9.86. The minimum atomic E-state index is -3.49. The van der Waals surface area contributed by atoms with Crippen LogP contribution in [0.1, 0.15) is 43.2 Å². The lowest BCUT2D eigenvalue weighted by Crippen LogP contribution is -2.35. The molecule has 1 aromatic heterocycles. The van der Waals surface area contributed by atoms with Gasteiger partial charge >= 0.3 is 0 Å². The average Bonchev–Trinajstić information content (AvgIpc) is 2.98. The highest BCUT2D eigenvalue weighted by atomic mass is 32.2. The van der Waals surface area contributed by atoms with Gasteiger partial charge in [-0.2, -0.15) is 4.31 Å². The maximum atomic E-state index is 13.1. The Morgan fingerprint density at radius 3 is 2.56 bits per heavy atom. The summed E-state index contributed by atoms with van der Waals surface area (Å²) in [4.78, 5) is 3.87. The van der Waals surface area contributed by atoms with Crippen LogP contribution in [0.15, 0.2) is 47.4 Å². The van der Waals surface area contributed by atoms with Crippen LogP contribution in [0.4, 0.5) is 0 Å². The van der Waals surface area contributed by atoms with E-state index in [0.717, 1.165) is 27.7 Å². The van der Waals surface area contributed by atoms with Crippen LogP contribution >= 0.6 is 0 Å². The highest BCUT2D eigenvalue weighted by molar-refractivity contribution is 7.89. The van der Waals surface area contributed by atoms with Gasteiger partial charge in [0.15, 0.2) is 0 Å². The van der Waals surface area contributed by atoms with E-state index in [1.807, 2.05) is 13.0 Å². The summed E-state index contributed by atoms with van der Waals surface area (Å²) in [5.74, 6) is 0. The van der Waals surface area contributed by atoms with Crippen LogP contribution in [0.2, 0.25) is 0 Å². The molecule has 0 saturated heterocycles. The van der Waals surface area contributed by atoms with Gasteiger partial charge in [0.05, 0.1) is 4.90 Å². The predicted molar refractivity (Wildman–Crippen MR) is 109 cm³/mol. The summed E-state index contributed by atoms with van der Waals surface area (Å²) in [6, 6.07) is 13.6. The summed E-state index contributed by atoms with van der Waals surface area (Å²) in [5.41, 5.74) is 5.62. The third kappa shape index (κ3) is 3.19. The highest BCUT2D eigenvalue weighted by Gasteiger charge is 2.30. The second-order valence-electron chi connectivity index (χ2n) is 8.50. The second kappa shape index (κ2) is 6.21. The fraction of sp³-hybridized carbons (Fsp3) is 0.364. The van der Waals surface area contributed by atoms with Crippen molar-refractivity contribution in [2.45, 2.75) is 51.0 Å². The SMILES string of the molecule is Cc1cccc(S(=O)(=O)N2CCc3[nH]c4ccc(C(C)(C)C)cc4c3C2)c1. The van der Waals surface area contributed by atoms with Crippen LogP contribution in [0.5, 0.6) is 0 Å². The molecule has 5 heteroatoms. The number of fused-ring (bicyclic) bond motifs is 3. The molecule has 1 aliphatic rings. The summed E-state index contributed by atoms with van der Waals surface area (Å²) in [7, 11) is -3.49. The lowest BCUT2D eigenvalue weighted by molar-refractivity contribution is 0.391. The zero-order valence-electron chi connectivity index (χ0n) is 16.3. The van der Waals surface area contributed by atoms with Crippen molar-refractivity contribution >= 4 is 20.9 Å². The van der Waals surface area contributed by atoms with Gasteiger partial charge in [-0.05, 0) is 53.3 Å². The largest absolute Gasteiger partial charge is 0.358 e. The molecule has 1 aliphatic heterocycles. The molecule has 0 atom stereocenters. The normalized spacial score (nSPS) is 15.9. The Labute approximate surface area is 161 Å². The summed E-state index contributed by atoms with van der Waals surface area (Å²) in [5, 5.41) is 1.14. The lowest BCUT2D eigenvalue weighted by Gasteiger charge is -2.27. The van der Waals surface area contributed by atoms with E-state index in [1.54, 1.807) is 22.5 Å². The fourth-order valence-corrected chi connectivity index (χ4v) is 5.30. The standard InChI is InChI=1S/C22H26N2O2S/c1-15-6-5-7-17(12-15)27(25,26)24-11-10-21-19(14-24)18-13-16(22(2,3)4)8-9-20(18)23-21/h5-9,12-13,23H,10-11,14H2,1-4H3. The first-order valence-electron chi connectivity index (χ1n) is 9.37. The number of aryl methyl sites for hydroxylation is 1. The molecule has 27 heavy (non-hydrogen) atoms. The third-order valence-electron chi connectivity index (χ3n) is 5.43. The molecule has 142 valence electrons. The molecule has 2 heterocycles. The predicted octanol–water partition coefficient (Wildman–Crippen LogP) is 4.52. The van der Waals surface area contributed by atoms with Gasteiger partial charge < -0.3 is 4.98 Å². The van der Waals surface area contributed by atoms with Gasteiger partial charge in [0.25, 0.3) is 0 Å². The van der Waals surface area contributed by atoms with Crippen LogP contribution in [0.3, 0.4) is 0 Å². The van der Waals surface area contributed by atoms with E-state index < -0.39 is 10.0 Å².